The zero-order chi connectivity index (χ0) is 15.8. The molecule has 0 aliphatic rings. The molecule has 120 valence electrons. The molecule has 0 unspecified atom stereocenters. The van der Waals surface area contributed by atoms with Crippen LogP contribution in [0.4, 0.5) is 10.1 Å². The molecule has 0 fully saturated rings. The summed E-state index contributed by atoms with van der Waals surface area (Å²) in [6, 6.07) is 5.03. The van der Waals surface area contributed by atoms with Gasteiger partial charge in [0.2, 0.25) is 0 Å². The SMILES string of the molecule is CCN(CC)CCCN(CC)c1c(F)cccc1[C@@H](C)N. The van der Waals surface area contributed by atoms with Crippen LogP contribution in [0.2, 0.25) is 0 Å². The van der Waals surface area contributed by atoms with Crippen LogP contribution in [0.25, 0.3) is 0 Å². The van der Waals surface area contributed by atoms with Gasteiger partial charge in [0.25, 0.3) is 0 Å². The van der Waals surface area contributed by atoms with Gasteiger partial charge >= 0.3 is 0 Å². The molecule has 4 heteroatoms. The number of benzene rings is 1. The Labute approximate surface area is 128 Å². The van der Waals surface area contributed by atoms with Gasteiger partial charge in [0.15, 0.2) is 0 Å². The van der Waals surface area contributed by atoms with E-state index in [9.17, 15) is 4.39 Å². The molecule has 0 aliphatic heterocycles. The molecule has 0 amide bonds. The summed E-state index contributed by atoms with van der Waals surface area (Å²) in [4.78, 5) is 4.50. The molecule has 0 radical (unpaired) electrons. The number of nitrogens with zero attached hydrogens (tertiary/aromatic N) is 2. The van der Waals surface area contributed by atoms with Crippen molar-refractivity contribution in [2.24, 2.45) is 5.73 Å². The topological polar surface area (TPSA) is 32.5 Å². The summed E-state index contributed by atoms with van der Waals surface area (Å²) in [6.07, 6.45) is 1.03. The van der Waals surface area contributed by atoms with Crippen LogP contribution >= 0.6 is 0 Å². The Bertz CT molecular complexity index is 416. The van der Waals surface area contributed by atoms with Crippen LogP contribution in [-0.4, -0.2) is 37.6 Å². The highest BCUT2D eigenvalue weighted by Gasteiger charge is 2.17. The molecule has 0 aliphatic carbocycles. The Hall–Kier alpha value is -1.13. The highest BCUT2D eigenvalue weighted by atomic mass is 19.1. The van der Waals surface area contributed by atoms with Crippen LogP contribution in [-0.2, 0) is 0 Å². The van der Waals surface area contributed by atoms with E-state index in [-0.39, 0.29) is 11.9 Å². The molecule has 0 saturated carbocycles. The lowest BCUT2D eigenvalue weighted by molar-refractivity contribution is 0.300. The summed E-state index contributed by atoms with van der Waals surface area (Å²) in [7, 11) is 0. The molecule has 1 aromatic rings. The smallest absolute Gasteiger partial charge is 0.146 e. The standard InChI is InChI=1S/C17H30FN3/c1-5-20(6-2)12-9-13-21(7-3)17-15(14(4)19)10-8-11-16(17)18/h8,10-11,14H,5-7,9,12-13,19H2,1-4H3/t14-/m1/s1. The highest BCUT2D eigenvalue weighted by molar-refractivity contribution is 5.56. The Morgan fingerprint density at radius 1 is 1.10 bits per heavy atom. The minimum Gasteiger partial charge on any atom is -0.369 e. The minimum atomic E-state index is -0.172. The van der Waals surface area contributed by atoms with E-state index in [1.54, 1.807) is 6.07 Å². The van der Waals surface area contributed by atoms with Gasteiger partial charge in [0, 0.05) is 19.1 Å². The van der Waals surface area contributed by atoms with Crippen molar-refractivity contribution in [3.05, 3.63) is 29.6 Å². The average molecular weight is 295 g/mol. The second-order valence-electron chi connectivity index (χ2n) is 5.43. The van der Waals surface area contributed by atoms with E-state index >= 15 is 0 Å². The number of anilines is 1. The van der Waals surface area contributed by atoms with Gasteiger partial charge < -0.3 is 15.5 Å². The molecule has 1 aromatic carbocycles. The molecule has 0 saturated heterocycles. The van der Waals surface area contributed by atoms with Crippen molar-refractivity contribution in [2.45, 2.75) is 40.2 Å². The van der Waals surface area contributed by atoms with Crippen molar-refractivity contribution < 1.29 is 4.39 Å². The fourth-order valence-corrected chi connectivity index (χ4v) is 2.69. The second kappa shape index (κ2) is 9.00. The van der Waals surface area contributed by atoms with Crippen molar-refractivity contribution in [2.75, 3.05) is 37.6 Å². The van der Waals surface area contributed by atoms with Crippen LogP contribution in [0.5, 0.6) is 0 Å². The van der Waals surface area contributed by atoms with Gasteiger partial charge in [-0.3, -0.25) is 0 Å². The number of rotatable bonds is 9. The van der Waals surface area contributed by atoms with Gasteiger partial charge in [-0.25, -0.2) is 4.39 Å². The van der Waals surface area contributed by atoms with E-state index in [0.29, 0.717) is 5.69 Å². The summed E-state index contributed by atoms with van der Waals surface area (Å²) < 4.78 is 14.3. The van der Waals surface area contributed by atoms with E-state index in [2.05, 4.69) is 30.6 Å². The second-order valence-corrected chi connectivity index (χ2v) is 5.43. The largest absolute Gasteiger partial charge is 0.369 e. The summed E-state index contributed by atoms with van der Waals surface area (Å²) >= 11 is 0. The first kappa shape index (κ1) is 17.9. The number of hydrogen-bond donors (Lipinski definition) is 1. The molecule has 3 nitrogen and oxygen atoms in total. The lowest BCUT2D eigenvalue weighted by atomic mass is 10.0. The van der Waals surface area contributed by atoms with Crippen molar-refractivity contribution in [1.29, 1.82) is 0 Å². The van der Waals surface area contributed by atoms with E-state index < -0.39 is 0 Å². The fraction of sp³-hybridized carbons (Fsp3) is 0.647. The monoisotopic (exact) mass is 295 g/mol. The van der Waals surface area contributed by atoms with Gasteiger partial charge in [-0.15, -0.1) is 0 Å². The molecular weight excluding hydrogens is 265 g/mol. The van der Waals surface area contributed by atoms with Crippen molar-refractivity contribution in [3.63, 3.8) is 0 Å². The molecule has 0 heterocycles. The summed E-state index contributed by atoms with van der Waals surface area (Å²) in [5.74, 6) is -0.172. The third-order valence-corrected chi connectivity index (χ3v) is 4.00. The van der Waals surface area contributed by atoms with Crippen LogP contribution < -0.4 is 10.6 Å². The Morgan fingerprint density at radius 2 is 1.76 bits per heavy atom. The first-order valence-electron chi connectivity index (χ1n) is 8.06. The van der Waals surface area contributed by atoms with Crippen LogP contribution in [0.1, 0.15) is 45.7 Å². The molecule has 0 bridgehead atoms. The van der Waals surface area contributed by atoms with Crippen LogP contribution in [0.3, 0.4) is 0 Å². The summed E-state index contributed by atoms with van der Waals surface area (Å²) in [5.41, 5.74) is 7.56. The molecule has 21 heavy (non-hydrogen) atoms. The van der Waals surface area contributed by atoms with Gasteiger partial charge in [0.1, 0.15) is 5.82 Å². The molecule has 1 rings (SSSR count). The molecule has 0 aromatic heterocycles. The van der Waals surface area contributed by atoms with Crippen molar-refractivity contribution >= 4 is 5.69 Å². The Balaban J connectivity index is 2.81. The predicted molar refractivity (Wildman–Crippen MR) is 89.3 cm³/mol. The summed E-state index contributed by atoms with van der Waals surface area (Å²) in [6.45, 7) is 13.1. The first-order chi connectivity index (χ1) is 10.0. The number of nitrogens with two attached hydrogens (primary N) is 1. The maximum Gasteiger partial charge on any atom is 0.146 e. The molecule has 1 atom stereocenters. The minimum absolute atomic E-state index is 0.160. The number of halogens is 1. The highest BCUT2D eigenvalue weighted by Crippen LogP contribution is 2.28. The van der Waals surface area contributed by atoms with Crippen molar-refractivity contribution in [3.8, 4) is 0 Å². The maximum atomic E-state index is 14.3. The fourth-order valence-electron chi connectivity index (χ4n) is 2.69. The zero-order valence-electron chi connectivity index (χ0n) is 13.9. The van der Waals surface area contributed by atoms with Crippen LogP contribution in [0, 0.1) is 5.82 Å². The number of para-hydroxylation sites is 1. The Kier molecular flexibility index (Phi) is 7.68. The van der Waals surface area contributed by atoms with E-state index in [0.717, 1.165) is 44.7 Å². The third-order valence-electron chi connectivity index (χ3n) is 4.00. The van der Waals surface area contributed by atoms with Gasteiger partial charge in [-0.05, 0) is 51.5 Å². The zero-order valence-corrected chi connectivity index (χ0v) is 13.9. The Morgan fingerprint density at radius 3 is 2.29 bits per heavy atom. The van der Waals surface area contributed by atoms with E-state index in [1.807, 2.05) is 13.0 Å². The maximum absolute atomic E-state index is 14.3. The summed E-state index contributed by atoms with van der Waals surface area (Å²) in [5, 5.41) is 0. The average Bonchev–Trinajstić information content (AvgIpc) is 2.48. The lowest BCUT2D eigenvalue weighted by Gasteiger charge is -2.28. The lowest BCUT2D eigenvalue weighted by Crippen LogP contribution is -2.31. The van der Waals surface area contributed by atoms with E-state index in [4.69, 9.17) is 5.73 Å². The third kappa shape index (κ3) is 4.97. The normalized spacial score (nSPS) is 12.7. The first-order valence-corrected chi connectivity index (χ1v) is 8.06. The van der Waals surface area contributed by atoms with Gasteiger partial charge in [-0.2, -0.15) is 0 Å². The number of hydrogen-bond acceptors (Lipinski definition) is 3. The predicted octanol–water partition coefficient (Wildman–Crippen LogP) is 3.40. The van der Waals surface area contributed by atoms with Crippen LogP contribution in [0.15, 0.2) is 18.2 Å². The van der Waals surface area contributed by atoms with Crippen molar-refractivity contribution in [1.82, 2.24) is 4.90 Å². The molecule has 2 N–H and O–H groups in total. The molecule has 0 spiro atoms. The van der Waals surface area contributed by atoms with Gasteiger partial charge in [-0.1, -0.05) is 26.0 Å². The van der Waals surface area contributed by atoms with E-state index in [1.165, 1.54) is 6.07 Å². The molecular formula is C17H30FN3. The quantitative estimate of drug-likeness (QED) is 0.758. The van der Waals surface area contributed by atoms with Gasteiger partial charge in [0.05, 0.1) is 5.69 Å².